The van der Waals surface area contributed by atoms with Gasteiger partial charge in [0.2, 0.25) is 0 Å². The zero-order chi connectivity index (χ0) is 13.7. The van der Waals surface area contributed by atoms with Crippen LogP contribution in [0.3, 0.4) is 0 Å². The number of hydrazine groups is 1. The molecule has 0 atom stereocenters. The van der Waals surface area contributed by atoms with Gasteiger partial charge < -0.3 is 15.5 Å². The Morgan fingerprint density at radius 3 is 2.42 bits per heavy atom. The Morgan fingerprint density at radius 2 is 1.84 bits per heavy atom. The van der Waals surface area contributed by atoms with Gasteiger partial charge >= 0.3 is 0 Å². The molecule has 19 heavy (non-hydrogen) atoms. The summed E-state index contributed by atoms with van der Waals surface area (Å²) in [4.78, 5) is 8.34. The van der Waals surface area contributed by atoms with E-state index in [-0.39, 0.29) is 0 Å². The fourth-order valence-corrected chi connectivity index (χ4v) is 1.79. The van der Waals surface area contributed by atoms with Gasteiger partial charge in [-0.05, 0) is 30.7 Å². The quantitative estimate of drug-likeness (QED) is 0.563. The van der Waals surface area contributed by atoms with Crippen molar-refractivity contribution in [3.05, 3.63) is 36.2 Å². The molecule has 1 aromatic carbocycles. The number of benzene rings is 1. The average Bonchev–Trinajstić information content (AvgIpc) is 2.47. The lowest BCUT2D eigenvalue weighted by Gasteiger charge is -2.12. The minimum atomic E-state index is 0.633. The Morgan fingerprint density at radius 1 is 1.16 bits per heavy atom. The van der Waals surface area contributed by atoms with E-state index in [9.17, 15) is 0 Å². The van der Waals surface area contributed by atoms with Gasteiger partial charge in [0.15, 0.2) is 0 Å². The Bertz CT molecular complexity index is 541. The molecular formula is C13H17N5O. The van der Waals surface area contributed by atoms with Gasteiger partial charge in [-0.1, -0.05) is 6.92 Å². The van der Waals surface area contributed by atoms with Gasteiger partial charge in [-0.25, -0.2) is 15.8 Å². The summed E-state index contributed by atoms with van der Waals surface area (Å²) in [5.74, 6) is 7.63. The van der Waals surface area contributed by atoms with Crippen LogP contribution in [0.1, 0.15) is 12.5 Å². The predicted octanol–water partition coefficient (Wildman–Crippen LogP) is 2.08. The zero-order valence-corrected chi connectivity index (χ0v) is 11.0. The van der Waals surface area contributed by atoms with Gasteiger partial charge in [0.05, 0.1) is 7.11 Å². The minimum absolute atomic E-state index is 0.633. The van der Waals surface area contributed by atoms with Crippen molar-refractivity contribution in [3.8, 4) is 5.75 Å². The van der Waals surface area contributed by atoms with Crippen LogP contribution in [-0.4, -0.2) is 17.1 Å². The first-order chi connectivity index (χ1) is 9.28. The number of nitrogens with one attached hydrogen (secondary N) is 2. The number of hydrogen-bond donors (Lipinski definition) is 3. The van der Waals surface area contributed by atoms with E-state index < -0.39 is 0 Å². The Labute approximate surface area is 112 Å². The number of methoxy groups -OCH3 is 1. The average molecular weight is 259 g/mol. The molecule has 2 rings (SSSR count). The summed E-state index contributed by atoms with van der Waals surface area (Å²) in [5.41, 5.74) is 4.45. The van der Waals surface area contributed by atoms with E-state index in [4.69, 9.17) is 10.6 Å². The molecule has 1 heterocycles. The van der Waals surface area contributed by atoms with Crippen molar-refractivity contribution < 1.29 is 4.74 Å². The number of ether oxygens (including phenoxy) is 1. The maximum absolute atomic E-state index is 5.44. The van der Waals surface area contributed by atoms with Gasteiger partial charge in [-0.2, -0.15) is 0 Å². The molecule has 0 fully saturated rings. The van der Waals surface area contributed by atoms with Crippen molar-refractivity contribution in [2.45, 2.75) is 13.3 Å². The number of anilines is 3. The van der Waals surface area contributed by atoms with Crippen LogP contribution < -0.4 is 21.3 Å². The minimum Gasteiger partial charge on any atom is -0.497 e. The molecule has 0 bridgehead atoms. The highest BCUT2D eigenvalue weighted by Crippen LogP contribution is 2.24. The summed E-state index contributed by atoms with van der Waals surface area (Å²) < 4.78 is 5.12. The maximum atomic E-state index is 5.44. The number of nitrogen functional groups attached to an aromatic ring is 1. The zero-order valence-electron chi connectivity index (χ0n) is 11.0. The van der Waals surface area contributed by atoms with Gasteiger partial charge in [-0.15, -0.1) is 0 Å². The van der Waals surface area contributed by atoms with Gasteiger partial charge in [0.25, 0.3) is 0 Å². The lowest BCUT2D eigenvalue weighted by molar-refractivity contribution is 0.415. The smallest absolute Gasteiger partial charge is 0.148 e. The van der Waals surface area contributed by atoms with Gasteiger partial charge in [0, 0.05) is 11.3 Å². The van der Waals surface area contributed by atoms with Crippen LogP contribution in [0.4, 0.5) is 17.3 Å². The lowest BCUT2D eigenvalue weighted by atomic mass is 10.2. The van der Waals surface area contributed by atoms with Crippen molar-refractivity contribution in [1.82, 2.24) is 9.97 Å². The van der Waals surface area contributed by atoms with Crippen LogP contribution in [0.25, 0.3) is 0 Å². The van der Waals surface area contributed by atoms with Gasteiger partial charge in [-0.3, -0.25) is 0 Å². The molecule has 1 aromatic heterocycles. The summed E-state index contributed by atoms with van der Waals surface area (Å²) in [6.07, 6.45) is 2.25. The second kappa shape index (κ2) is 6.01. The molecule has 2 aromatic rings. The van der Waals surface area contributed by atoms with Crippen molar-refractivity contribution in [2.24, 2.45) is 5.84 Å². The van der Waals surface area contributed by atoms with E-state index in [0.29, 0.717) is 5.82 Å². The highest BCUT2D eigenvalue weighted by atomic mass is 16.5. The highest BCUT2D eigenvalue weighted by molar-refractivity contribution is 5.64. The fraction of sp³-hybridized carbons (Fsp3) is 0.231. The number of nitrogens with two attached hydrogens (primary N) is 1. The Hall–Kier alpha value is -2.34. The molecule has 100 valence electrons. The van der Waals surface area contributed by atoms with E-state index in [2.05, 4.69) is 20.7 Å². The van der Waals surface area contributed by atoms with E-state index >= 15 is 0 Å². The molecule has 0 saturated carbocycles. The van der Waals surface area contributed by atoms with Gasteiger partial charge in [0.1, 0.15) is 23.7 Å². The molecule has 0 radical (unpaired) electrons. The van der Waals surface area contributed by atoms with Crippen molar-refractivity contribution in [1.29, 1.82) is 0 Å². The van der Waals surface area contributed by atoms with Crippen LogP contribution in [0.15, 0.2) is 30.6 Å². The van der Waals surface area contributed by atoms with Crippen LogP contribution in [0, 0.1) is 0 Å². The summed E-state index contributed by atoms with van der Waals surface area (Å²) in [6.45, 7) is 2.03. The molecule has 0 spiro atoms. The largest absolute Gasteiger partial charge is 0.497 e. The summed E-state index contributed by atoms with van der Waals surface area (Å²) >= 11 is 0. The number of hydrogen-bond acceptors (Lipinski definition) is 6. The second-order valence-electron chi connectivity index (χ2n) is 3.90. The van der Waals surface area contributed by atoms with Crippen LogP contribution in [-0.2, 0) is 6.42 Å². The SMILES string of the molecule is CCc1c(NN)ncnc1Nc1ccc(OC)cc1. The van der Waals surface area contributed by atoms with Crippen molar-refractivity contribution in [2.75, 3.05) is 17.9 Å². The van der Waals surface area contributed by atoms with E-state index in [0.717, 1.165) is 29.2 Å². The molecular weight excluding hydrogens is 242 g/mol. The van der Waals surface area contributed by atoms with Crippen molar-refractivity contribution >= 4 is 17.3 Å². The Kier molecular flexibility index (Phi) is 4.15. The molecule has 4 N–H and O–H groups in total. The summed E-state index contributed by atoms with van der Waals surface area (Å²) in [7, 11) is 1.64. The summed E-state index contributed by atoms with van der Waals surface area (Å²) in [5, 5.41) is 3.25. The molecule has 6 nitrogen and oxygen atoms in total. The fourth-order valence-electron chi connectivity index (χ4n) is 1.79. The first kappa shape index (κ1) is 13.1. The normalized spacial score (nSPS) is 10.1. The van der Waals surface area contributed by atoms with Crippen LogP contribution in [0.2, 0.25) is 0 Å². The molecule has 6 heteroatoms. The standard InChI is InChI=1S/C13H17N5O/c1-3-11-12(15-8-16-13(11)18-14)17-9-4-6-10(19-2)7-5-9/h4-8H,3,14H2,1-2H3,(H2,15,16,17,18). The topological polar surface area (TPSA) is 85.1 Å². The number of nitrogens with zero attached hydrogens (tertiary/aromatic N) is 2. The third kappa shape index (κ3) is 2.92. The highest BCUT2D eigenvalue weighted by Gasteiger charge is 2.08. The summed E-state index contributed by atoms with van der Waals surface area (Å²) in [6, 6.07) is 7.63. The first-order valence-electron chi connectivity index (χ1n) is 6.00. The van der Waals surface area contributed by atoms with E-state index in [1.54, 1.807) is 7.11 Å². The second-order valence-corrected chi connectivity index (χ2v) is 3.90. The predicted molar refractivity (Wildman–Crippen MR) is 75.5 cm³/mol. The molecule has 0 aliphatic rings. The molecule has 0 aliphatic heterocycles. The Balaban J connectivity index is 2.26. The van der Waals surface area contributed by atoms with E-state index in [1.165, 1.54) is 6.33 Å². The maximum Gasteiger partial charge on any atom is 0.148 e. The van der Waals surface area contributed by atoms with Crippen molar-refractivity contribution in [3.63, 3.8) is 0 Å². The third-order valence-electron chi connectivity index (χ3n) is 2.79. The van der Waals surface area contributed by atoms with Crippen LogP contribution >= 0.6 is 0 Å². The number of rotatable bonds is 5. The number of aromatic nitrogens is 2. The third-order valence-corrected chi connectivity index (χ3v) is 2.79. The van der Waals surface area contributed by atoms with E-state index in [1.807, 2.05) is 31.2 Å². The van der Waals surface area contributed by atoms with Crippen LogP contribution in [0.5, 0.6) is 5.75 Å². The monoisotopic (exact) mass is 259 g/mol. The molecule has 0 saturated heterocycles. The molecule has 0 amide bonds. The lowest BCUT2D eigenvalue weighted by Crippen LogP contribution is -2.13. The molecule has 0 aliphatic carbocycles. The first-order valence-corrected chi connectivity index (χ1v) is 6.00. The molecule has 0 unspecified atom stereocenters.